The summed E-state index contributed by atoms with van der Waals surface area (Å²) in [6, 6.07) is 11.3. The Morgan fingerprint density at radius 2 is 1.96 bits per heavy atom. The lowest BCUT2D eigenvalue weighted by Crippen LogP contribution is -2.53. The van der Waals surface area contributed by atoms with E-state index in [0.717, 1.165) is 12.1 Å². The van der Waals surface area contributed by atoms with Gasteiger partial charge in [0.1, 0.15) is 0 Å². The van der Waals surface area contributed by atoms with Gasteiger partial charge in [0.25, 0.3) is 5.91 Å². The lowest BCUT2D eigenvalue weighted by atomic mass is 9.95. The Kier molecular flexibility index (Phi) is 3.37. The number of hydrogen-bond donors (Lipinski definition) is 0. The summed E-state index contributed by atoms with van der Waals surface area (Å²) in [6.07, 6.45) is 3.41. The number of nitrogens with zero attached hydrogens (tertiary/aromatic N) is 3. The zero-order chi connectivity index (χ0) is 15.8. The molecule has 6 nitrogen and oxygen atoms in total. The van der Waals surface area contributed by atoms with Crippen LogP contribution in [0.15, 0.2) is 47.1 Å². The van der Waals surface area contributed by atoms with Gasteiger partial charge in [0.15, 0.2) is 0 Å². The summed E-state index contributed by atoms with van der Waals surface area (Å²) in [5.74, 6) is 0.248. The van der Waals surface area contributed by atoms with Crippen LogP contribution in [0, 0.1) is 0 Å². The molecule has 118 valence electrons. The van der Waals surface area contributed by atoms with Crippen molar-refractivity contribution in [3.8, 4) is 0 Å². The minimum absolute atomic E-state index is 0.0329. The zero-order valence-corrected chi connectivity index (χ0v) is 12.6. The highest BCUT2D eigenvalue weighted by Gasteiger charge is 2.46. The Balaban J connectivity index is 1.62. The van der Waals surface area contributed by atoms with Crippen molar-refractivity contribution >= 4 is 17.5 Å². The fraction of sp³-hybridized carbons (Fsp3) is 0.353. The standard InChI is InChI=1S/C17H17N3O3/c21-16-7-6-13-14(20(16)12-4-2-1-3-5-12)9-11-19(13)17(22)15-8-10-18-23-15/h1-5,8,10,13-14H,6-7,9,11H2/t13-,14-/m1/s1. The van der Waals surface area contributed by atoms with Crippen molar-refractivity contribution in [2.45, 2.75) is 31.3 Å². The van der Waals surface area contributed by atoms with Gasteiger partial charge in [-0.2, -0.15) is 0 Å². The van der Waals surface area contributed by atoms with E-state index in [1.807, 2.05) is 40.1 Å². The van der Waals surface area contributed by atoms with Crippen molar-refractivity contribution in [2.75, 3.05) is 11.4 Å². The third-order valence-electron chi connectivity index (χ3n) is 4.71. The van der Waals surface area contributed by atoms with E-state index in [2.05, 4.69) is 5.16 Å². The molecule has 3 heterocycles. The van der Waals surface area contributed by atoms with Gasteiger partial charge in [0, 0.05) is 24.7 Å². The van der Waals surface area contributed by atoms with E-state index in [0.29, 0.717) is 19.4 Å². The molecule has 23 heavy (non-hydrogen) atoms. The minimum Gasteiger partial charge on any atom is -0.351 e. The number of piperidine rings is 1. The normalized spacial score (nSPS) is 23.9. The minimum atomic E-state index is -0.141. The number of aromatic nitrogens is 1. The third kappa shape index (κ3) is 2.30. The molecule has 1 aromatic heterocycles. The first-order valence-corrected chi connectivity index (χ1v) is 7.84. The fourth-order valence-electron chi connectivity index (χ4n) is 3.71. The first-order valence-electron chi connectivity index (χ1n) is 7.84. The molecule has 4 rings (SSSR count). The lowest BCUT2D eigenvalue weighted by Gasteiger charge is -2.39. The van der Waals surface area contributed by atoms with Gasteiger partial charge >= 0.3 is 0 Å². The van der Waals surface area contributed by atoms with Gasteiger partial charge < -0.3 is 14.3 Å². The molecule has 0 spiro atoms. The molecule has 2 fully saturated rings. The second-order valence-electron chi connectivity index (χ2n) is 5.94. The summed E-state index contributed by atoms with van der Waals surface area (Å²) in [5.41, 5.74) is 0.904. The molecule has 6 heteroatoms. The average Bonchev–Trinajstić information content (AvgIpc) is 3.24. The van der Waals surface area contributed by atoms with Crippen LogP contribution in [0.5, 0.6) is 0 Å². The number of benzene rings is 1. The van der Waals surface area contributed by atoms with E-state index >= 15 is 0 Å². The van der Waals surface area contributed by atoms with Crippen molar-refractivity contribution in [1.82, 2.24) is 10.1 Å². The van der Waals surface area contributed by atoms with E-state index in [4.69, 9.17) is 4.52 Å². The molecule has 1 aromatic carbocycles. The SMILES string of the molecule is O=C(c1ccno1)N1CC[C@@H]2[C@H]1CCC(=O)N2c1ccccc1. The van der Waals surface area contributed by atoms with Crippen LogP contribution in [0.1, 0.15) is 29.8 Å². The van der Waals surface area contributed by atoms with Crippen LogP contribution < -0.4 is 4.90 Å². The third-order valence-corrected chi connectivity index (χ3v) is 4.71. The Labute approximate surface area is 133 Å². The predicted octanol–water partition coefficient (Wildman–Crippen LogP) is 2.08. The van der Waals surface area contributed by atoms with Crippen LogP contribution in [0.2, 0.25) is 0 Å². The molecule has 0 radical (unpaired) electrons. The molecular weight excluding hydrogens is 294 g/mol. The molecule has 2 saturated heterocycles. The Bertz CT molecular complexity index is 714. The molecule has 2 aliphatic heterocycles. The van der Waals surface area contributed by atoms with E-state index < -0.39 is 0 Å². The molecule has 0 aliphatic carbocycles. The van der Waals surface area contributed by atoms with E-state index in [9.17, 15) is 9.59 Å². The van der Waals surface area contributed by atoms with Crippen molar-refractivity contribution in [2.24, 2.45) is 0 Å². The predicted molar refractivity (Wildman–Crippen MR) is 82.9 cm³/mol. The van der Waals surface area contributed by atoms with Crippen LogP contribution in [-0.2, 0) is 4.79 Å². The van der Waals surface area contributed by atoms with Gasteiger partial charge in [0.2, 0.25) is 11.7 Å². The van der Waals surface area contributed by atoms with Crippen molar-refractivity contribution in [3.63, 3.8) is 0 Å². The molecule has 0 bridgehead atoms. The molecule has 0 saturated carbocycles. The first kappa shape index (κ1) is 14.0. The number of rotatable bonds is 2. The molecular formula is C17H17N3O3. The maximum Gasteiger partial charge on any atom is 0.292 e. The van der Waals surface area contributed by atoms with Gasteiger partial charge in [-0.05, 0) is 25.0 Å². The van der Waals surface area contributed by atoms with E-state index in [1.165, 1.54) is 6.20 Å². The molecule has 0 unspecified atom stereocenters. The number of para-hydroxylation sites is 1. The topological polar surface area (TPSA) is 66.7 Å². The number of carbonyl (C=O) groups is 2. The zero-order valence-electron chi connectivity index (χ0n) is 12.6. The number of anilines is 1. The molecule has 0 N–H and O–H groups in total. The highest BCUT2D eigenvalue weighted by atomic mass is 16.5. The number of fused-ring (bicyclic) bond motifs is 1. The van der Waals surface area contributed by atoms with Crippen molar-refractivity contribution in [3.05, 3.63) is 48.4 Å². The summed E-state index contributed by atoms with van der Waals surface area (Å²) < 4.78 is 5.00. The fourth-order valence-corrected chi connectivity index (χ4v) is 3.71. The van der Waals surface area contributed by atoms with E-state index in [-0.39, 0.29) is 29.7 Å². The highest BCUT2D eigenvalue weighted by molar-refractivity contribution is 5.96. The molecule has 2 atom stereocenters. The summed E-state index contributed by atoms with van der Waals surface area (Å²) in [6.45, 7) is 0.630. The maximum atomic E-state index is 12.6. The number of likely N-dealkylation sites (tertiary alicyclic amines) is 1. The summed E-state index contributed by atoms with van der Waals surface area (Å²) in [5, 5.41) is 3.61. The second-order valence-corrected chi connectivity index (χ2v) is 5.94. The summed E-state index contributed by atoms with van der Waals surface area (Å²) in [7, 11) is 0. The van der Waals surface area contributed by atoms with Gasteiger partial charge in [-0.1, -0.05) is 23.4 Å². The van der Waals surface area contributed by atoms with Gasteiger partial charge in [-0.15, -0.1) is 0 Å². The first-order chi connectivity index (χ1) is 11.3. The van der Waals surface area contributed by atoms with Crippen LogP contribution in [0.3, 0.4) is 0 Å². The average molecular weight is 311 g/mol. The second kappa shape index (κ2) is 5.53. The summed E-state index contributed by atoms with van der Waals surface area (Å²) in [4.78, 5) is 28.7. The quantitative estimate of drug-likeness (QED) is 0.851. The Morgan fingerprint density at radius 1 is 1.13 bits per heavy atom. The van der Waals surface area contributed by atoms with Crippen LogP contribution >= 0.6 is 0 Å². The monoisotopic (exact) mass is 311 g/mol. The maximum absolute atomic E-state index is 12.6. The number of amides is 2. The largest absolute Gasteiger partial charge is 0.351 e. The smallest absolute Gasteiger partial charge is 0.292 e. The Hall–Kier alpha value is -2.63. The lowest BCUT2D eigenvalue weighted by molar-refractivity contribution is -0.120. The van der Waals surface area contributed by atoms with Gasteiger partial charge in [0.05, 0.1) is 18.3 Å². The molecule has 2 amide bonds. The molecule has 2 aliphatic rings. The van der Waals surface area contributed by atoms with Gasteiger partial charge in [-0.3, -0.25) is 9.59 Å². The van der Waals surface area contributed by atoms with Crippen LogP contribution in [-0.4, -0.2) is 40.5 Å². The van der Waals surface area contributed by atoms with E-state index in [1.54, 1.807) is 6.07 Å². The molecule has 2 aromatic rings. The summed E-state index contributed by atoms with van der Waals surface area (Å²) >= 11 is 0. The highest BCUT2D eigenvalue weighted by Crippen LogP contribution is 2.35. The number of carbonyl (C=O) groups excluding carboxylic acids is 2. The van der Waals surface area contributed by atoms with Crippen LogP contribution in [0.4, 0.5) is 5.69 Å². The van der Waals surface area contributed by atoms with Crippen molar-refractivity contribution < 1.29 is 14.1 Å². The van der Waals surface area contributed by atoms with Crippen molar-refractivity contribution in [1.29, 1.82) is 0 Å². The van der Waals surface area contributed by atoms with Gasteiger partial charge in [-0.25, -0.2) is 0 Å². The Morgan fingerprint density at radius 3 is 2.70 bits per heavy atom. The van der Waals surface area contributed by atoms with Crippen LogP contribution in [0.25, 0.3) is 0 Å². The number of hydrogen-bond acceptors (Lipinski definition) is 4.